The molecule has 1 aromatic rings. The summed E-state index contributed by atoms with van der Waals surface area (Å²) in [6.07, 6.45) is 7.95. The Labute approximate surface area is 149 Å². The molecule has 2 aliphatic heterocycles. The zero-order valence-electron chi connectivity index (χ0n) is 15.1. The summed E-state index contributed by atoms with van der Waals surface area (Å²) in [6.45, 7) is 3.76. The van der Waals surface area contributed by atoms with Crippen molar-refractivity contribution in [3.8, 4) is 0 Å². The Hall–Kier alpha value is -1.95. The lowest BCUT2D eigenvalue weighted by molar-refractivity contribution is -0.138. The van der Waals surface area contributed by atoms with Gasteiger partial charge in [0.1, 0.15) is 0 Å². The second kappa shape index (κ2) is 8.43. The number of piperidine rings is 1. The maximum absolute atomic E-state index is 12.9. The number of pyridine rings is 1. The monoisotopic (exact) mass is 344 g/mol. The molecule has 0 N–H and O–H groups in total. The normalized spacial score (nSPS) is 22.5. The second-order valence-corrected chi connectivity index (χ2v) is 7.08. The molecule has 3 heterocycles. The summed E-state index contributed by atoms with van der Waals surface area (Å²) in [5.74, 6) is 0.376. The zero-order valence-corrected chi connectivity index (χ0v) is 15.1. The summed E-state index contributed by atoms with van der Waals surface area (Å²) in [5.41, 5.74) is 0.987. The standard InChI is InChI=1S/C19H28N4O2/c1-21-10-3-2-5-17(21)19(25)23-12-4-11-22(13-14-23)18(24)15-16-6-8-20-9-7-16/h6-9,17H,2-5,10-15H2,1H3. The molecule has 0 saturated carbocycles. The average molecular weight is 344 g/mol. The fourth-order valence-corrected chi connectivity index (χ4v) is 3.77. The summed E-state index contributed by atoms with van der Waals surface area (Å²) in [4.78, 5) is 35.4. The molecule has 1 unspecified atom stereocenters. The van der Waals surface area contributed by atoms with Crippen LogP contribution in [0.2, 0.25) is 0 Å². The van der Waals surface area contributed by atoms with Crippen LogP contribution in [0.3, 0.4) is 0 Å². The highest BCUT2D eigenvalue weighted by molar-refractivity contribution is 5.82. The first-order valence-corrected chi connectivity index (χ1v) is 9.31. The minimum Gasteiger partial charge on any atom is -0.341 e. The molecule has 0 aliphatic carbocycles. The van der Waals surface area contributed by atoms with E-state index in [4.69, 9.17) is 0 Å². The van der Waals surface area contributed by atoms with Gasteiger partial charge in [-0.15, -0.1) is 0 Å². The van der Waals surface area contributed by atoms with Gasteiger partial charge in [0, 0.05) is 38.6 Å². The van der Waals surface area contributed by atoms with Crippen LogP contribution in [-0.4, -0.2) is 77.3 Å². The number of carbonyl (C=O) groups is 2. The Balaban J connectivity index is 1.54. The van der Waals surface area contributed by atoms with Gasteiger partial charge in [0.2, 0.25) is 11.8 Å². The van der Waals surface area contributed by atoms with E-state index >= 15 is 0 Å². The van der Waals surface area contributed by atoms with Crippen molar-refractivity contribution >= 4 is 11.8 Å². The number of likely N-dealkylation sites (tertiary alicyclic amines) is 1. The van der Waals surface area contributed by atoms with Crippen molar-refractivity contribution in [2.24, 2.45) is 0 Å². The number of aromatic nitrogens is 1. The van der Waals surface area contributed by atoms with Crippen LogP contribution < -0.4 is 0 Å². The van der Waals surface area contributed by atoms with E-state index in [0.29, 0.717) is 19.5 Å². The van der Waals surface area contributed by atoms with Crippen molar-refractivity contribution < 1.29 is 9.59 Å². The first kappa shape index (κ1) is 17.9. The largest absolute Gasteiger partial charge is 0.341 e. The van der Waals surface area contributed by atoms with E-state index in [9.17, 15) is 9.59 Å². The molecular weight excluding hydrogens is 316 g/mol. The molecule has 2 amide bonds. The van der Waals surface area contributed by atoms with E-state index in [2.05, 4.69) is 9.88 Å². The highest BCUT2D eigenvalue weighted by atomic mass is 16.2. The Morgan fingerprint density at radius 1 is 1.00 bits per heavy atom. The van der Waals surface area contributed by atoms with E-state index in [-0.39, 0.29) is 17.9 Å². The molecule has 2 aliphatic rings. The molecule has 1 atom stereocenters. The van der Waals surface area contributed by atoms with Crippen LogP contribution >= 0.6 is 0 Å². The van der Waals surface area contributed by atoms with E-state index in [0.717, 1.165) is 44.5 Å². The maximum Gasteiger partial charge on any atom is 0.239 e. The van der Waals surface area contributed by atoms with Gasteiger partial charge in [-0.2, -0.15) is 0 Å². The number of hydrogen-bond acceptors (Lipinski definition) is 4. The molecular formula is C19H28N4O2. The molecule has 6 nitrogen and oxygen atoms in total. The van der Waals surface area contributed by atoms with E-state index in [1.54, 1.807) is 12.4 Å². The number of likely N-dealkylation sites (N-methyl/N-ethyl adjacent to an activating group) is 1. The quantitative estimate of drug-likeness (QED) is 0.826. The molecule has 0 aromatic carbocycles. The predicted molar refractivity (Wildman–Crippen MR) is 96.0 cm³/mol. The van der Waals surface area contributed by atoms with Gasteiger partial charge >= 0.3 is 0 Å². The van der Waals surface area contributed by atoms with Crippen molar-refractivity contribution in [3.63, 3.8) is 0 Å². The molecule has 1 aromatic heterocycles. The number of carbonyl (C=O) groups excluding carboxylic acids is 2. The second-order valence-electron chi connectivity index (χ2n) is 7.08. The minimum atomic E-state index is 0.0211. The van der Waals surface area contributed by atoms with Gasteiger partial charge in [-0.3, -0.25) is 19.5 Å². The summed E-state index contributed by atoms with van der Waals surface area (Å²) in [5, 5.41) is 0. The fraction of sp³-hybridized carbons (Fsp3) is 0.632. The predicted octanol–water partition coefficient (Wildman–Crippen LogP) is 1.17. The summed E-state index contributed by atoms with van der Waals surface area (Å²) < 4.78 is 0. The summed E-state index contributed by atoms with van der Waals surface area (Å²) >= 11 is 0. The lowest BCUT2D eigenvalue weighted by Crippen LogP contribution is -2.50. The van der Waals surface area contributed by atoms with Gasteiger partial charge in [-0.1, -0.05) is 6.42 Å². The molecule has 6 heteroatoms. The van der Waals surface area contributed by atoms with E-state index in [1.807, 2.05) is 29.0 Å². The molecule has 0 radical (unpaired) electrons. The van der Waals surface area contributed by atoms with Gasteiger partial charge in [0.05, 0.1) is 12.5 Å². The third-order valence-corrected chi connectivity index (χ3v) is 5.32. The summed E-state index contributed by atoms with van der Waals surface area (Å²) in [6, 6.07) is 3.78. The summed E-state index contributed by atoms with van der Waals surface area (Å²) in [7, 11) is 2.05. The lowest BCUT2D eigenvalue weighted by Gasteiger charge is -2.35. The minimum absolute atomic E-state index is 0.0211. The van der Waals surface area contributed by atoms with Gasteiger partial charge in [-0.05, 0) is 50.6 Å². The first-order valence-electron chi connectivity index (χ1n) is 9.31. The van der Waals surface area contributed by atoms with Gasteiger partial charge in [0.15, 0.2) is 0 Å². The Kier molecular flexibility index (Phi) is 6.02. The van der Waals surface area contributed by atoms with Crippen molar-refractivity contribution in [1.82, 2.24) is 19.7 Å². The highest BCUT2D eigenvalue weighted by Gasteiger charge is 2.31. The molecule has 2 saturated heterocycles. The number of nitrogens with zero attached hydrogens (tertiary/aromatic N) is 4. The van der Waals surface area contributed by atoms with E-state index < -0.39 is 0 Å². The molecule has 136 valence electrons. The van der Waals surface area contributed by atoms with Crippen LogP contribution in [0.5, 0.6) is 0 Å². The SMILES string of the molecule is CN1CCCCC1C(=O)N1CCCN(C(=O)Cc2ccncc2)CC1. The van der Waals surface area contributed by atoms with Gasteiger partial charge in [0.25, 0.3) is 0 Å². The zero-order chi connectivity index (χ0) is 17.6. The topological polar surface area (TPSA) is 56.8 Å². The Morgan fingerprint density at radius 3 is 2.48 bits per heavy atom. The third-order valence-electron chi connectivity index (χ3n) is 5.32. The number of rotatable bonds is 3. The molecule has 0 bridgehead atoms. The number of hydrogen-bond donors (Lipinski definition) is 0. The number of amides is 2. The van der Waals surface area contributed by atoms with Crippen LogP contribution in [0.15, 0.2) is 24.5 Å². The van der Waals surface area contributed by atoms with Crippen molar-refractivity contribution in [1.29, 1.82) is 0 Å². The maximum atomic E-state index is 12.9. The third kappa shape index (κ3) is 4.57. The highest BCUT2D eigenvalue weighted by Crippen LogP contribution is 2.18. The molecule has 25 heavy (non-hydrogen) atoms. The van der Waals surface area contributed by atoms with Crippen LogP contribution in [0.1, 0.15) is 31.2 Å². The van der Waals surface area contributed by atoms with Crippen molar-refractivity contribution in [3.05, 3.63) is 30.1 Å². The average Bonchev–Trinajstić information content (AvgIpc) is 2.89. The van der Waals surface area contributed by atoms with Crippen LogP contribution in [-0.2, 0) is 16.0 Å². The van der Waals surface area contributed by atoms with Gasteiger partial charge in [-0.25, -0.2) is 0 Å². The van der Waals surface area contributed by atoms with E-state index in [1.165, 1.54) is 6.42 Å². The van der Waals surface area contributed by atoms with Gasteiger partial charge < -0.3 is 9.80 Å². The fourth-order valence-electron chi connectivity index (χ4n) is 3.77. The van der Waals surface area contributed by atoms with Crippen LogP contribution in [0, 0.1) is 0 Å². The van der Waals surface area contributed by atoms with Crippen LogP contribution in [0.4, 0.5) is 0 Å². The van der Waals surface area contributed by atoms with Crippen molar-refractivity contribution in [2.75, 3.05) is 39.8 Å². The van der Waals surface area contributed by atoms with Crippen molar-refractivity contribution in [2.45, 2.75) is 38.1 Å². The molecule has 0 spiro atoms. The Bertz CT molecular complexity index is 592. The smallest absolute Gasteiger partial charge is 0.239 e. The Morgan fingerprint density at radius 2 is 1.72 bits per heavy atom. The van der Waals surface area contributed by atoms with Crippen LogP contribution in [0.25, 0.3) is 0 Å². The molecule has 3 rings (SSSR count). The molecule has 2 fully saturated rings. The first-order chi connectivity index (χ1) is 12.1. The lowest BCUT2D eigenvalue weighted by atomic mass is 10.0.